The Morgan fingerprint density at radius 1 is 1.16 bits per heavy atom. The summed E-state index contributed by atoms with van der Waals surface area (Å²) >= 11 is 6.83. The highest BCUT2D eigenvalue weighted by Gasteiger charge is 2.30. The Morgan fingerprint density at radius 2 is 1.91 bits per heavy atom. The fourth-order valence-corrected chi connectivity index (χ4v) is 6.04. The highest BCUT2D eigenvalue weighted by atomic mass is 35.5. The Morgan fingerprint density at radius 3 is 2.56 bits per heavy atom. The number of aromatic nitrogens is 3. The third-order valence-corrected chi connectivity index (χ3v) is 8.09. The van der Waals surface area contributed by atoms with E-state index in [1.807, 2.05) is 49.0 Å². The van der Waals surface area contributed by atoms with Gasteiger partial charge in [-0.25, -0.2) is 18.7 Å². The van der Waals surface area contributed by atoms with E-state index in [-0.39, 0.29) is 34.1 Å². The van der Waals surface area contributed by atoms with Gasteiger partial charge < -0.3 is 14.7 Å². The number of para-hydroxylation sites is 1. The van der Waals surface area contributed by atoms with Crippen molar-refractivity contribution in [1.82, 2.24) is 24.3 Å². The molecule has 224 valence electrons. The molecule has 0 radical (unpaired) electrons. The van der Waals surface area contributed by atoms with Gasteiger partial charge in [-0.05, 0) is 62.3 Å². The number of hydrogen-bond donors (Lipinski definition) is 0. The van der Waals surface area contributed by atoms with E-state index in [0.717, 1.165) is 11.1 Å². The van der Waals surface area contributed by atoms with E-state index in [0.29, 0.717) is 48.7 Å². The van der Waals surface area contributed by atoms with E-state index in [4.69, 9.17) is 16.6 Å². The van der Waals surface area contributed by atoms with Gasteiger partial charge in [0.05, 0.1) is 21.8 Å². The molecule has 1 atom stereocenters. The van der Waals surface area contributed by atoms with E-state index in [2.05, 4.69) is 25.4 Å². The quantitative estimate of drug-likeness (QED) is 0.255. The van der Waals surface area contributed by atoms with Gasteiger partial charge in [0.2, 0.25) is 5.91 Å². The molecule has 2 aromatic carbocycles. The molecule has 10 heteroatoms. The highest BCUT2D eigenvalue weighted by Crippen LogP contribution is 2.36. The molecule has 0 N–H and O–H groups in total. The Hall–Kier alpha value is -4.08. The summed E-state index contributed by atoms with van der Waals surface area (Å²) in [6, 6.07) is 13.9. The monoisotopic (exact) mass is 602 g/mol. The summed E-state index contributed by atoms with van der Waals surface area (Å²) < 4.78 is 16.6. The van der Waals surface area contributed by atoms with Gasteiger partial charge in [-0.1, -0.05) is 62.4 Å². The number of fused-ring (bicyclic) bond motifs is 1. The fraction of sp³-hybridized carbons (Fsp3) is 0.333. The molecule has 3 heterocycles. The lowest BCUT2D eigenvalue weighted by Crippen LogP contribution is -2.54. The standard InChI is InChI=1S/C33H36ClFN6O2/c1-7-28(42)39-15-16-40(21(4)18-39)31-25-17-26(34)29(24-12-8-9-14-27(24)35)36-32(25)41(33(43)37-31)30-22(19-38(5)6)11-10-13-23(30)20(2)3/h7-14,17,20-21H,1,15-16,18-19H2,2-6H3/t21-/m1/s1. The van der Waals surface area contributed by atoms with Crippen LogP contribution in [0.25, 0.3) is 28.0 Å². The lowest BCUT2D eigenvalue weighted by molar-refractivity contribution is -0.126. The van der Waals surface area contributed by atoms with E-state index in [1.165, 1.54) is 12.1 Å². The topological polar surface area (TPSA) is 74.6 Å². The summed E-state index contributed by atoms with van der Waals surface area (Å²) in [7, 11) is 3.95. The first-order chi connectivity index (χ1) is 20.5. The van der Waals surface area contributed by atoms with Gasteiger partial charge in [0.1, 0.15) is 11.6 Å². The minimum Gasteiger partial charge on any atom is -0.350 e. The zero-order valence-electron chi connectivity index (χ0n) is 25.1. The summed E-state index contributed by atoms with van der Waals surface area (Å²) in [5.41, 5.74) is 2.92. The average molecular weight is 603 g/mol. The Balaban J connectivity index is 1.84. The molecule has 0 bridgehead atoms. The van der Waals surface area contributed by atoms with Crippen molar-refractivity contribution in [2.75, 3.05) is 38.6 Å². The van der Waals surface area contributed by atoms with Crippen LogP contribution in [-0.4, -0.2) is 70.0 Å². The smallest absolute Gasteiger partial charge is 0.350 e. The molecular weight excluding hydrogens is 567 g/mol. The SMILES string of the molecule is C=CC(=O)N1CCN(c2nc(=O)n(-c3c(CN(C)C)cccc3C(C)C)c3nc(-c4ccccc4F)c(Cl)cc23)[C@H](C)C1. The number of halogens is 2. The lowest BCUT2D eigenvalue weighted by atomic mass is 9.97. The summed E-state index contributed by atoms with van der Waals surface area (Å²) in [4.78, 5) is 41.9. The van der Waals surface area contributed by atoms with Crippen LogP contribution in [0.2, 0.25) is 5.02 Å². The summed E-state index contributed by atoms with van der Waals surface area (Å²) in [5.74, 6) is -0.0858. The number of rotatable bonds is 7. The molecule has 8 nitrogen and oxygen atoms in total. The third kappa shape index (κ3) is 5.79. The number of amides is 1. The number of anilines is 1. The van der Waals surface area contributed by atoms with E-state index in [9.17, 15) is 9.59 Å². The van der Waals surface area contributed by atoms with Crippen molar-refractivity contribution in [2.45, 2.75) is 39.3 Å². The van der Waals surface area contributed by atoms with Crippen molar-refractivity contribution < 1.29 is 9.18 Å². The Labute approximate surface area is 256 Å². The number of hydrogen-bond acceptors (Lipinski definition) is 6. The van der Waals surface area contributed by atoms with Crippen LogP contribution in [0.4, 0.5) is 10.2 Å². The second-order valence-corrected chi connectivity index (χ2v) is 11.9. The molecule has 0 spiro atoms. The van der Waals surface area contributed by atoms with Crippen LogP contribution in [0.1, 0.15) is 37.8 Å². The molecule has 1 aliphatic heterocycles. The van der Waals surface area contributed by atoms with Gasteiger partial charge in [0, 0.05) is 37.8 Å². The molecular formula is C33H36ClFN6O2. The van der Waals surface area contributed by atoms with Gasteiger partial charge in [0.25, 0.3) is 0 Å². The van der Waals surface area contributed by atoms with E-state index < -0.39 is 11.5 Å². The number of pyridine rings is 1. The first-order valence-electron chi connectivity index (χ1n) is 14.3. The zero-order chi connectivity index (χ0) is 31.0. The molecule has 1 aliphatic rings. The first kappa shape index (κ1) is 30.4. The largest absolute Gasteiger partial charge is 0.355 e. The molecule has 2 aromatic heterocycles. The third-order valence-electron chi connectivity index (χ3n) is 7.80. The maximum Gasteiger partial charge on any atom is 0.355 e. The van der Waals surface area contributed by atoms with Gasteiger partial charge in [-0.3, -0.25) is 4.79 Å². The van der Waals surface area contributed by atoms with E-state index in [1.54, 1.807) is 33.7 Å². The minimum absolute atomic E-state index is 0.0903. The molecule has 1 fully saturated rings. The van der Waals surface area contributed by atoms with Gasteiger partial charge >= 0.3 is 5.69 Å². The van der Waals surface area contributed by atoms with Crippen molar-refractivity contribution in [3.05, 3.63) is 93.6 Å². The van der Waals surface area contributed by atoms with Crippen LogP contribution in [-0.2, 0) is 11.3 Å². The zero-order valence-corrected chi connectivity index (χ0v) is 25.9. The van der Waals surface area contributed by atoms with Crippen LogP contribution in [0.3, 0.4) is 0 Å². The summed E-state index contributed by atoms with van der Waals surface area (Å²) in [5, 5.41) is 0.805. The van der Waals surface area contributed by atoms with Gasteiger partial charge in [-0.2, -0.15) is 4.98 Å². The molecule has 4 aromatic rings. The number of piperazine rings is 1. The summed E-state index contributed by atoms with van der Waals surface area (Å²) in [6.07, 6.45) is 1.31. The predicted octanol–water partition coefficient (Wildman–Crippen LogP) is 5.65. The predicted molar refractivity (Wildman–Crippen MR) is 171 cm³/mol. The minimum atomic E-state index is -0.498. The number of nitrogens with zero attached hydrogens (tertiary/aromatic N) is 6. The normalized spacial score (nSPS) is 15.5. The molecule has 43 heavy (non-hydrogen) atoms. The van der Waals surface area contributed by atoms with Gasteiger partial charge in [0.15, 0.2) is 5.65 Å². The molecule has 1 saturated heterocycles. The first-order valence-corrected chi connectivity index (χ1v) is 14.7. The van der Waals surface area contributed by atoms with Crippen LogP contribution in [0.15, 0.2) is 66.0 Å². The van der Waals surface area contributed by atoms with Crippen LogP contribution in [0, 0.1) is 5.82 Å². The lowest BCUT2D eigenvalue weighted by Gasteiger charge is -2.40. The van der Waals surface area contributed by atoms with Gasteiger partial charge in [-0.15, -0.1) is 0 Å². The van der Waals surface area contributed by atoms with Crippen molar-refractivity contribution in [1.29, 1.82) is 0 Å². The maximum absolute atomic E-state index is 15.1. The van der Waals surface area contributed by atoms with Crippen molar-refractivity contribution in [2.24, 2.45) is 0 Å². The van der Waals surface area contributed by atoms with Crippen molar-refractivity contribution in [3.8, 4) is 16.9 Å². The second-order valence-electron chi connectivity index (χ2n) is 11.5. The van der Waals surface area contributed by atoms with Crippen LogP contribution in [0.5, 0.6) is 0 Å². The molecule has 0 aliphatic carbocycles. The average Bonchev–Trinajstić information content (AvgIpc) is 2.96. The molecule has 0 unspecified atom stereocenters. The molecule has 0 saturated carbocycles. The Bertz CT molecular complexity index is 1770. The van der Waals surface area contributed by atoms with Crippen molar-refractivity contribution in [3.63, 3.8) is 0 Å². The molecule has 5 rings (SSSR count). The van der Waals surface area contributed by atoms with E-state index >= 15 is 4.39 Å². The molecule has 1 amide bonds. The summed E-state index contributed by atoms with van der Waals surface area (Å²) in [6.45, 7) is 11.7. The Kier molecular flexibility index (Phi) is 8.66. The van der Waals surface area contributed by atoms with Crippen molar-refractivity contribution >= 4 is 34.4 Å². The van der Waals surface area contributed by atoms with Crippen LogP contribution < -0.4 is 10.6 Å². The van der Waals surface area contributed by atoms with Crippen LogP contribution >= 0.6 is 11.6 Å². The number of carbonyl (C=O) groups excluding carboxylic acids is 1. The highest BCUT2D eigenvalue weighted by molar-refractivity contribution is 6.33. The fourth-order valence-electron chi connectivity index (χ4n) is 5.79. The number of benzene rings is 2. The second kappa shape index (κ2) is 12.3. The number of carbonyl (C=O) groups is 1. The maximum atomic E-state index is 15.1.